The Balaban J connectivity index is 2.45. The van der Waals surface area contributed by atoms with Crippen molar-refractivity contribution in [1.82, 2.24) is 9.80 Å². The average Bonchev–Trinajstić information content (AvgIpc) is 1.97. The molecule has 1 rings (SSSR count). The molecule has 1 saturated heterocycles. The summed E-state index contributed by atoms with van der Waals surface area (Å²) < 4.78 is 0. The number of piperazine rings is 1. The lowest BCUT2D eigenvalue weighted by molar-refractivity contribution is 0.0437. The van der Waals surface area contributed by atoms with Crippen molar-refractivity contribution in [2.24, 2.45) is 0 Å². The Labute approximate surface area is 84.0 Å². The zero-order valence-electron chi connectivity index (χ0n) is 8.31. The second kappa shape index (κ2) is 4.07. The van der Waals surface area contributed by atoms with Crippen LogP contribution in [-0.2, 0) is 0 Å². The Bertz CT molecular complexity index is 147. The third kappa shape index (κ3) is 2.44. The molecule has 72 valence electrons. The number of alkyl halides is 1. The molecule has 0 aromatic carbocycles. The van der Waals surface area contributed by atoms with Crippen molar-refractivity contribution in [3.63, 3.8) is 0 Å². The van der Waals surface area contributed by atoms with E-state index in [1.165, 1.54) is 26.2 Å². The van der Waals surface area contributed by atoms with Crippen LogP contribution >= 0.6 is 15.9 Å². The van der Waals surface area contributed by atoms with Gasteiger partial charge in [0.25, 0.3) is 0 Å². The normalized spacial score (nSPS) is 26.0. The van der Waals surface area contributed by atoms with Gasteiger partial charge in [0.1, 0.15) is 0 Å². The van der Waals surface area contributed by atoms with Gasteiger partial charge in [-0.25, -0.2) is 0 Å². The molecule has 1 aliphatic rings. The summed E-state index contributed by atoms with van der Waals surface area (Å²) in [5, 5.41) is 1.09. The van der Waals surface area contributed by atoms with Crippen LogP contribution < -0.4 is 0 Å². The number of nitrogens with zero attached hydrogens (tertiary/aromatic N) is 2. The van der Waals surface area contributed by atoms with Crippen LogP contribution in [0.1, 0.15) is 13.8 Å². The first-order valence-electron chi connectivity index (χ1n) is 4.56. The predicted molar refractivity (Wildman–Crippen MR) is 56.9 cm³/mol. The molecule has 1 fully saturated rings. The molecule has 1 heterocycles. The van der Waals surface area contributed by atoms with E-state index in [1.807, 2.05) is 0 Å². The van der Waals surface area contributed by atoms with E-state index in [9.17, 15) is 0 Å². The van der Waals surface area contributed by atoms with Gasteiger partial charge in [0.2, 0.25) is 0 Å². The Morgan fingerprint density at radius 1 is 1.33 bits per heavy atom. The number of hydrogen-bond donors (Lipinski definition) is 0. The summed E-state index contributed by atoms with van der Waals surface area (Å²) in [5.74, 6) is 0. The molecule has 0 radical (unpaired) electrons. The van der Waals surface area contributed by atoms with Crippen molar-refractivity contribution in [2.75, 3.05) is 38.6 Å². The monoisotopic (exact) mass is 234 g/mol. The molecule has 3 heteroatoms. The predicted octanol–water partition coefficient (Wildman–Crippen LogP) is 1.41. The van der Waals surface area contributed by atoms with Crippen LogP contribution in [0, 0.1) is 0 Å². The molecule has 0 spiro atoms. The van der Waals surface area contributed by atoms with Gasteiger partial charge in [-0.1, -0.05) is 15.9 Å². The van der Waals surface area contributed by atoms with Gasteiger partial charge in [-0.3, -0.25) is 9.80 Å². The fourth-order valence-electron chi connectivity index (χ4n) is 1.65. The molecule has 12 heavy (non-hydrogen) atoms. The highest BCUT2D eigenvalue weighted by molar-refractivity contribution is 9.09. The van der Waals surface area contributed by atoms with Crippen molar-refractivity contribution < 1.29 is 0 Å². The van der Waals surface area contributed by atoms with E-state index < -0.39 is 0 Å². The minimum absolute atomic E-state index is 0.348. The van der Waals surface area contributed by atoms with E-state index in [0.717, 1.165) is 5.33 Å². The van der Waals surface area contributed by atoms with Crippen LogP contribution in [0.3, 0.4) is 0 Å². The summed E-state index contributed by atoms with van der Waals surface area (Å²) in [6, 6.07) is 0. The SMILES string of the molecule is CN1CCN(CCBr)CC1(C)C. The number of likely N-dealkylation sites (N-methyl/N-ethyl adjacent to an activating group) is 1. The highest BCUT2D eigenvalue weighted by Crippen LogP contribution is 2.18. The molecule has 0 aromatic rings. The molecule has 1 aliphatic heterocycles. The fraction of sp³-hybridized carbons (Fsp3) is 1.00. The Morgan fingerprint density at radius 3 is 2.50 bits per heavy atom. The fourth-order valence-corrected chi connectivity index (χ4v) is 2.15. The summed E-state index contributed by atoms with van der Waals surface area (Å²) >= 11 is 3.48. The molecule has 0 aromatic heterocycles. The van der Waals surface area contributed by atoms with Crippen LogP contribution in [-0.4, -0.2) is 53.9 Å². The van der Waals surface area contributed by atoms with Crippen LogP contribution in [0.25, 0.3) is 0 Å². The Hall–Kier alpha value is 0.400. The van der Waals surface area contributed by atoms with Gasteiger partial charge in [-0.2, -0.15) is 0 Å². The van der Waals surface area contributed by atoms with Gasteiger partial charge in [-0.05, 0) is 20.9 Å². The average molecular weight is 235 g/mol. The van der Waals surface area contributed by atoms with Gasteiger partial charge < -0.3 is 0 Å². The van der Waals surface area contributed by atoms with Gasteiger partial charge in [0.05, 0.1) is 0 Å². The van der Waals surface area contributed by atoms with Crippen molar-refractivity contribution in [1.29, 1.82) is 0 Å². The number of halogens is 1. The Morgan fingerprint density at radius 2 is 2.00 bits per heavy atom. The van der Waals surface area contributed by atoms with Gasteiger partial charge in [0.15, 0.2) is 0 Å². The molecule has 2 nitrogen and oxygen atoms in total. The van der Waals surface area contributed by atoms with Crippen molar-refractivity contribution >= 4 is 15.9 Å². The quantitative estimate of drug-likeness (QED) is 0.668. The second-order valence-electron chi connectivity index (χ2n) is 4.20. The summed E-state index contributed by atoms with van der Waals surface area (Å²) in [7, 11) is 2.21. The first-order chi connectivity index (χ1) is 5.56. The zero-order valence-corrected chi connectivity index (χ0v) is 9.89. The minimum Gasteiger partial charge on any atom is -0.299 e. The van der Waals surface area contributed by atoms with Crippen LogP contribution in [0.15, 0.2) is 0 Å². The van der Waals surface area contributed by atoms with Gasteiger partial charge in [-0.15, -0.1) is 0 Å². The van der Waals surface area contributed by atoms with Crippen molar-refractivity contribution in [2.45, 2.75) is 19.4 Å². The van der Waals surface area contributed by atoms with Gasteiger partial charge in [0, 0.05) is 37.0 Å². The molecule has 0 N–H and O–H groups in total. The lowest BCUT2D eigenvalue weighted by atomic mass is 10.00. The van der Waals surface area contributed by atoms with Gasteiger partial charge >= 0.3 is 0 Å². The van der Waals surface area contributed by atoms with E-state index in [-0.39, 0.29) is 0 Å². The number of rotatable bonds is 2. The smallest absolute Gasteiger partial charge is 0.0277 e. The first-order valence-corrected chi connectivity index (χ1v) is 5.68. The third-order valence-corrected chi connectivity index (χ3v) is 3.15. The molecular formula is C9H19BrN2. The minimum atomic E-state index is 0.348. The van der Waals surface area contributed by atoms with Crippen LogP contribution in [0.4, 0.5) is 0 Å². The lowest BCUT2D eigenvalue weighted by Gasteiger charge is -2.45. The topological polar surface area (TPSA) is 6.48 Å². The molecule has 0 aliphatic carbocycles. The Kier molecular flexibility index (Phi) is 3.56. The van der Waals surface area contributed by atoms with Crippen LogP contribution in [0.5, 0.6) is 0 Å². The first kappa shape index (κ1) is 10.5. The molecule has 0 amide bonds. The summed E-state index contributed by atoms with van der Waals surface area (Å²) in [6.45, 7) is 9.40. The molecule has 0 unspecified atom stereocenters. The zero-order chi connectivity index (χ0) is 9.19. The molecule has 0 atom stereocenters. The van der Waals surface area contributed by atoms with E-state index in [1.54, 1.807) is 0 Å². The second-order valence-corrected chi connectivity index (χ2v) is 4.99. The molecule has 0 bridgehead atoms. The highest BCUT2D eigenvalue weighted by Gasteiger charge is 2.30. The summed E-state index contributed by atoms with van der Waals surface area (Å²) in [4.78, 5) is 4.96. The van der Waals surface area contributed by atoms with E-state index in [0.29, 0.717) is 5.54 Å². The summed E-state index contributed by atoms with van der Waals surface area (Å²) in [5.41, 5.74) is 0.348. The lowest BCUT2D eigenvalue weighted by Crippen LogP contribution is -2.57. The van der Waals surface area contributed by atoms with E-state index in [4.69, 9.17) is 0 Å². The number of hydrogen-bond acceptors (Lipinski definition) is 2. The highest BCUT2D eigenvalue weighted by atomic mass is 79.9. The third-order valence-electron chi connectivity index (χ3n) is 2.80. The van der Waals surface area contributed by atoms with E-state index >= 15 is 0 Å². The summed E-state index contributed by atoms with van der Waals surface area (Å²) in [6.07, 6.45) is 0. The van der Waals surface area contributed by atoms with Crippen molar-refractivity contribution in [3.05, 3.63) is 0 Å². The maximum absolute atomic E-state index is 3.48. The van der Waals surface area contributed by atoms with Crippen LogP contribution in [0.2, 0.25) is 0 Å². The maximum Gasteiger partial charge on any atom is 0.0277 e. The largest absolute Gasteiger partial charge is 0.299 e. The standard InChI is InChI=1S/C9H19BrN2/c1-9(2)8-12(5-4-10)7-6-11(9)3/h4-8H2,1-3H3. The maximum atomic E-state index is 3.48. The van der Waals surface area contributed by atoms with E-state index in [2.05, 4.69) is 46.6 Å². The molecular weight excluding hydrogens is 216 g/mol. The van der Waals surface area contributed by atoms with Crippen molar-refractivity contribution in [3.8, 4) is 0 Å². The molecule has 0 saturated carbocycles.